The zero-order chi connectivity index (χ0) is 29.7. The van der Waals surface area contributed by atoms with Gasteiger partial charge in [0.15, 0.2) is 5.82 Å². The molecule has 0 saturated heterocycles. The quantitative estimate of drug-likeness (QED) is 0.243. The Bertz CT molecular complexity index is 1770. The maximum absolute atomic E-state index is 16.1. The van der Waals surface area contributed by atoms with Crippen LogP contribution in [-0.2, 0) is 16.6 Å². The zero-order valence-corrected chi connectivity index (χ0v) is 23.5. The Morgan fingerprint density at radius 2 is 1.66 bits per heavy atom. The number of aryl methyl sites for hydroxylation is 3. The number of rotatable bonds is 6. The molecule has 41 heavy (non-hydrogen) atoms. The second kappa shape index (κ2) is 10.6. The van der Waals surface area contributed by atoms with E-state index in [2.05, 4.69) is 4.98 Å². The van der Waals surface area contributed by atoms with Gasteiger partial charge in [-0.2, -0.15) is 13.2 Å². The van der Waals surface area contributed by atoms with Gasteiger partial charge in [-0.05, 0) is 70.7 Å². The largest absolute Gasteiger partial charge is 0.472 e. The van der Waals surface area contributed by atoms with E-state index in [1.54, 1.807) is 26.0 Å². The van der Waals surface area contributed by atoms with Gasteiger partial charge in [-0.25, -0.2) is 21.8 Å². The topological polar surface area (TPSA) is 83.2 Å². The molecule has 4 aromatic rings. The first-order valence-electron chi connectivity index (χ1n) is 13.3. The van der Waals surface area contributed by atoms with Gasteiger partial charge < -0.3 is 9.30 Å². The lowest BCUT2D eigenvalue weighted by Gasteiger charge is -2.30. The van der Waals surface area contributed by atoms with Gasteiger partial charge in [0.25, 0.3) is 21.5 Å². The second-order valence-corrected chi connectivity index (χ2v) is 12.2. The number of nitrogens with zero attached hydrogens (tertiary/aromatic N) is 3. The van der Waals surface area contributed by atoms with E-state index in [9.17, 15) is 26.4 Å². The Labute approximate surface area is 234 Å². The van der Waals surface area contributed by atoms with Crippen LogP contribution in [0.3, 0.4) is 0 Å². The second-order valence-electron chi connectivity index (χ2n) is 10.4. The molecular weight excluding hydrogens is 562 g/mol. The van der Waals surface area contributed by atoms with E-state index < -0.39 is 39.6 Å². The van der Waals surface area contributed by atoms with E-state index in [0.717, 1.165) is 9.54 Å². The van der Waals surface area contributed by atoms with Crippen molar-refractivity contribution in [3.8, 4) is 17.0 Å². The molecular formula is C29H29F4N3O4S. The molecule has 0 atom stereocenters. The molecule has 7 nitrogen and oxygen atoms in total. The number of ether oxygens (including phenoxy) is 1. The van der Waals surface area contributed by atoms with Crippen LogP contribution in [0.4, 0.5) is 17.6 Å². The number of hydrogen-bond acceptors (Lipinski definition) is 5. The summed E-state index contributed by atoms with van der Waals surface area (Å²) in [5.74, 6) is -2.68. The van der Waals surface area contributed by atoms with Gasteiger partial charge in [0.2, 0.25) is 0 Å². The third-order valence-corrected chi connectivity index (χ3v) is 9.24. The van der Waals surface area contributed by atoms with Gasteiger partial charge in [-0.3, -0.25) is 4.79 Å². The molecule has 0 unspecified atom stereocenters. The average molecular weight is 592 g/mol. The number of fused-ring (bicyclic) bond motifs is 1. The van der Waals surface area contributed by atoms with Crippen LogP contribution in [0.5, 0.6) is 5.88 Å². The van der Waals surface area contributed by atoms with Gasteiger partial charge in [-0.15, -0.1) is 0 Å². The van der Waals surface area contributed by atoms with Crippen LogP contribution in [0.15, 0.2) is 58.4 Å². The molecule has 0 amide bonds. The number of benzene rings is 1. The van der Waals surface area contributed by atoms with Crippen molar-refractivity contribution in [2.24, 2.45) is 5.92 Å². The summed E-state index contributed by atoms with van der Waals surface area (Å²) in [4.78, 5) is 17.0. The first kappa shape index (κ1) is 28.8. The first-order chi connectivity index (χ1) is 19.3. The maximum Gasteiger partial charge on any atom is 0.391 e. The van der Waals surface area contributed by atoms with E-state index in [4.69, 9.17) is 4.74 Å². The summed E-state index contributed by atoms with van der Waals surface area (Å²) in [6.07, 6.45) is -3.71. The lowest BCUT2D eigenvalue weighted by Crippen LogP contribution is -2.32. The molecule has 0 radical (unpaired) electrons. The van der Waals surface area contributed by atoms with Gasteiger partial charge in [0.1, 0.15) is 6.10 Å². The fraction of sp³-hybridized carbons (Fsp3) is 0.379. The molecule has 5 rings (SSSR count). The number of pyridine rings is 2. The molecule has 1 saturated carbocycles. The van der Waals surface area contributed by atoms with Crippen LogP contribution in [0, 0.1) is 25.6 Å². The van der Waals surface area contributed by atoms with Crippen molar-refractivity contribution in [1.29, 1.82) is 0 Å². The predicted molar refractivity (Wildman–Crippen MR) is 146 cm³/mol. The molecule has 12 heteroatoms. The average Bonchev–Trinajstić information content (AvgIpc) is 3.31. The Morgan fingerprint density at radius 3 is 2.27 bits per heavy atom. The van der Waals surface area contributed by atoms with Crippen LogP contribution in [0.1, 0.15) is 43.9 Å². The maximum atomic E-state index is 16.1. The summed E-state index contributed by atoms with van der Waals surface area (Å²) in [6, 6.07) is 10.4. The monoisotopic (exact) mass is 591 g/mol. The van der Waals surface area contributed by atoms with Crippen molar-refractivity contribution in [1.82, 2.24) is 13.5 Å². The summed E-state index contributed by atoms with van der Waals surface area (Å²) >= 11 is 0. The molecule has 1 aliphatic rings. The zero-order valence-electron chi connectivity index (χ0n) is 22.7. The highest BCUT2D eigenvalue weighted by atomic mass is 32.2. The van der Waals surface area contributed by atoms with Crippen LogP contribution < -0.4 is 10.3 Å². The summed E-state index contributed by atoms with van der Waals surface area (Å²) in [5, 5.41) is 0. The minimum atomic E-state index is -4.28. The number of halogens is 4. The smallest absolute Gasteiger partial charge is 0.391 e. The van der Waals surface area contributed by atoms with Crippen molar-refractivity contribution in [2.45, 2.75) is 70.2 Å². The van der Waals surface area contributed by atoms with Gasteiger partial charge in [-0.1, -0.05) is 17.7 Å². The Morgan fingerprint density at radius 1 is 1.00 bits per heavy atom. The van der Waals surface area contributed by atoms with Crippen LogP contribution in [-0.4, -0.2) is 34.2 Å². The molecule has 1 aromatic carbocycles. The lowest BCUT2D eigenvalue weighted by molar-refractivity contribution is -0.185. The van der Waals surface area contributed by atoms with Crippen LogP contribution >= 0.6 is 0 Å². The molecule has 3 aromatic heterocycles. The summed E-state index contributed by atoms with van der Waals surface area (Å²) in [7, 11) is -4.14. The Hall–Kier alpha value is -3.67. The van der Waals surface area contributed by atoms with Crippen molar-refractivity contribution < 1.29 is 30.7 Å². The van der Waals surface area contributed by atoms with Crippen molar-refractivity contribution in [2.75, 3.05) is 0 Å². The standard InChI is InChI=1S/C29H29F4N3O4S/c1-4-35-25(37)14-13-24-27(35)23(16-36(24)41(38,39)21-11-5-17(2)6-12-21)22-15-18(3)34-28(26(22)30)40-20-9-7-19(8-10-20)29(31,32)33/h5-6,11-16,19-20H,4,7-10H2,1-3H3. The normalized spacial score (nSPS) is 18.1. The Balaban J connectivity index is 1.63. The molecule has 218 valence electrons. The SMILES string of the molecule is CCn1c(=O)ccc2c1c(-c1cc(C)nc(OC3CCC(C(F)(F)F)CC3)c1F)cn2S(=O)(=O)c1ccc(C)cc1. The van der Waals surface area contributed by atoms with Crippen molar-refractivity contribution >= 4 is 21.1 Å². The van der Waals surface area contributed by atoms with E-state index in [1.807, 2.05) is 6.92 Å². The van der Waals surface area contributed by atoms with Gasteiger partial charge >= 0.3 is 6.18 Å². The number of hydrogen-bond donors (Lipinski definition) is 0. The highest BCUT2D eigenvalue weighted by molar-refractivity contribution is 7.90. The minimum Gasteiger partial charge on any atom is -0.472 e. The van der Waals surface area contributed by atoms with E-state index in [0.29, 0.717) is 5.69 Å². The Kier molecular flexibility index (Phi) is 7.47. The third kappa shape index (κ3) is 5.37. The number of alkyl halides is 3. The first-order valence-corrected chi connectivity index (χ1v) is 14.7. The predicted octanol–water partition coefficient (Wildman–Crippen LogP) is 6.38. The lowest BCUT2D eigenvalue weighted by atomic mass is 9.87. The summed E-state index contributed by atoms with van der Waals surface area (Å²) in [6.45, 7) is 5.34. The third-order valence-electron chi connectivity index (χ3n) is 7.56. The van der Waals surface area contributed by atoms with Gasteiger partial charge in [0, 0.05) is 35.6 Å². The minimum absolute atomic E-state index is 0.0191. The van der Waals surface area contributed by atoms with Crippen LogP contribution in [0.25, 0.3) is 22.2 Å². The highest BCUT2D eigenvalue weighted by Gasteiger charge is 2.42. The number of aromatic nitrogens is 3. The summed E-state index contributed by atoms with van der Waals surface area (Å²) < 4.78 is 91.0. The molecule has 1 fully saturated rings. The summed E-state index contributed by atoms with van der Waals surface area (Å²) in [5.41, 5.74) is 1.34. The molecule has 0 N–H and O–H groups in total. The fourth-order valence-corrected chi connectivity index (χ4v) is 6.74. The highest BCUT2D eigenvalue weighted by Crippen LogP contribution is 2.40. The molecule has 3 heterocycles. The fourth-order valence-electron chi connectivity index (χ4n) is 5.38. The van der Waals surface area contributed by atoms with Crippen molar-refractivity contribution in [3.05, 3.63) is 76.1 Å². The van der Waals surface area contributed by atoms with E-state index in [1.165, 1.54) is 41.1 Å². The molecule has 0 aliphatic heterocycles. The van der Waals surface area contributed by atoms with E-state index in [-0.39, 0.29) is 65.2 Å². The molecule has 0 spiro atoms. The van der Waals surface area contributed by atoms with Crippen molar-refractivity contribution in [3.63, 3.8) is 0 Å². The van der Waals surface area contributed by atoms with E-state index >= 15 is 4.39 Å². The molecule has 0 bridgehead atoms. The van der Waals surface area contributed by atoms with Gasteiger partial charge in [0.05, 0.1) is 21.8 Å². The molecule has 1 aliphatic carbocycles. The van der Waals surface area contributed by atoms with Crippen LogP contribution in [0.2, 0.25) is 0 Å².